The van der Waals surface area contributed by atoms with Gasteiger partial charge >= 0.3 is 0 Å². The Hall–Kier alpha value is -3.34. The quantitative estimate of drug-likeness (QED) is 0.0573. The van der Waals surface area contributed by atoms with Crippen molar-refractivity contribution in [3.63, 3.8) is 0 Å². The summed E-state index contributed by atoms with van der Waals surface area (Å²) in [6.45, 7) is 52.6. The predicted octanol–water partition coefficient (Wildman–Crippen LogP) is 12.9. The summed E-state index contributed by atoms with van der Waals surface area (Å²) in [6.07, 6.45) is 21.4. The van der Waals surface area contributed by atoms with Crippen molar-refractivity contribution in [3.05, 3.63) is 0 Å². The smallest absolute Gasteiger partial charge is 0.232 e. The van der Waals surface area contributed by atoms with Gasteiger partial charge in [-0.25, -0.2) is 0 Å². The molecule has 2 aromatic rings. The molecule has 4 fully saturated rings. The molecule has 0 aromatic carbocycles. The minimum absolute atomic E-state index is 0.00822. The van der Waals surface area contributed by atoms with E-state index in [9.17, 15) is 0 Å². The van der Waals surface area contributed by atoms with E-state index in [0.29, 0.717) is 6.04 Å². The number of aromatic nitrogens is 6. The van der Waals surface area contributed by atoms with E-state index in [1.54, 1.807) is 0 Å². The molecular formula is C66H126N16. The molecule has 6 heterocycles. The van der Waals surface area contributed by atoms with Gasteiger partial charge in [0.1, 0.15) is 0 Å². The molecule has 0 saturated carbocycles. The van der Waals surface area contributed by atoms with Crippen molar-refractivity contribution in [1.82, 2.24) is 51.2 Å². The first-order chi connectivity index (χ1) is 38.1. The van der Waals surface area contributed by atoms with E-state index in [1.807, 2.05) is 0 Å². The molecule has 0 atom stereocenters. The van der Waals surface area contributed by atoms with Gasteiger partial charge in [-0.3, -0.25) is 0 Å². The maximum atomic E-state index is 5.74. The standard InChI is InChI=1S/C66H126N16/c1-23-27-35-77(21)53-67-54(78(22)49-41-59(5,6)73-60(7,8)42-49)69-56(68-53)81(51-45-63(13,14)75-64(15,16)46-51)39-33-31-32-34-40-82(52-47-65(17,18)76-66(19,20)48-52)58-71-55(79(36-28-24-2)37-29-25-3)70-57(72-58)80(38-30-26-4)50-43-61(9,10)74-62(11,12)44-50/h49-52,73-76H,23-48H2,1-22H3. The molecule has 0 unspecified atom stereocenters. The van der Waals surface area contributed by atoms with E-state index < -0.39 is 0 Å². The molecule has 0 radical (unpaired) electrons. The zero-order chi connectivity index (χ0) is 60.7. The predicted molar refractivity (Wildman–Crippen MR) is 351 cm³/mol. The third-order valence-corrected chi connectivity index (χ3v) is 18.2. The fourth-order valence-electron chi connectivity index (χ4n) is 15.8. The van der Waals surface area contributed by atoms with Crippen molar-refractivity contribution in [3.8, 4) is 0 Å². The molecule has 16 heteroatoms. The van der Waals surface area contributed by atoms with Crippen LogP contribution in [0, 0.1) is 0 Å². The van der Waals surface area contributed by atoms with Crippen LogP contribution in [-0.4, -0.2) is 152 Å². The van der Waals surface area contributed by atoms with Crippen LogP contribution < -0.4 is 50.7 Å². The molecule has 470 valence electrons. The van der Waals surface area contributed by atoms with Crippen molar-refractivity contribution >= 4 is 35.7 Å². The molecule has 0 aliphatic carbocycles. The third kappa shape index (κ3) is 19.6. The molecule has 82 heavy (non-hydrogen) atoms. The van der Waals surface area contributed by atoms with E-state index in [1.165, 1.54) is 0 Å². The number of hydrogen-bond donors (Lipinski definition) is 4. The largest absolute Gasteiger partial charge is 0.344 e. The van der Waals surface area contributed by atoms with Gasteiger partial charge in [-0.1, -0.05) is 66.2 Å². The topological polar surface area (TPSA) is 145 Å². The first-order valence-corrected chi connectivity index (χ1v) is 33.3. The fourth-order valence-corrected chi connectivity index (χ4v) is 15.8. The lowest BCUT2D eigenvalue weighted by molar-refractivity contribution is 0.156. The van der Waals surface area contributed by atoms with Gasteiger partial charge in [0, 0.05) is 122 Å². The van der Waals surface area contributed by atoms with Gasteiger partial charge < -0.3 is 50.7 Å². The van der Waals surface area contributed by atoms with E-state index in [2.05, 4.69) is 203 Å². The van der Waals surface area contributed by atoms with Crippen molar-refractivity contribution in [2.45, 2.75) is 335 Å². The summed E-state index contributed by atoms with van der Waals surface area (Å²) < 4.78 is 0. The normalized spacial score (nSPS) is 22.2. The summed E-state index contributed by atoms with van der Waals surface area (Å²) in [4.78, 5) is 48.3. The van der Waals surface area contributed by atoms with Crippen LogP contribution in [-0.2, 0) is 0 Å². The van der Waals surface area contributed by atoms with Crippen LogP contribution in [0.4, 0.5) is 35.7 Å². The Bertz CT molecular complexity index is 2220. The van der Waals surface area contributed by atoms with Crippen LogP contribution in [0.1, 0.15) is 267 Å². The maximum absolute atomic E-state index is 5.74. The molecule has 6 rings (SSSR count). The van der Waals surface area contributed by atoms with Crippen LogP contribution in [0.2, 0.25) is 0 Å². The Kier molecular flexibility index (Phi) is 22.8. The molecule has 0 spiro atoms. The molecule has 4 aliphatic heterocycles. The average Bonchev–Trinajstić information content (AvgIpc) is 3.53. The van der Waals surface area contributed by atoms with Crippen LogP contribution in [0.5, 0.6) is 0 Å². The summed E-state index contributed by atoms with van der Waals surface area (Å²) in [6, 6.07) is 1.12. The zero-order valence-electron chi connectivity index (χ0n) is 57.1. The van der Waals surface area contributed by atoms with E-state index in [0.717, 1.165) is 203 Å². The summed E-state index contributed by atoms with van der Waals surface area (Å²) in [7, 11) is 4.39. The highest BCUT2D eigenvalue weighted by Gasteiger charge is 2.45. The Morgan fingerprint density at radius 3 is 0.902 bits per heavy atom. The van der Waals surface area contributed by atoms with Crippen molar-refractivity contribution < 1.29 is 0 Å². The molecule has 4 aliphatic rings. The van der Waals surface area contributed by atoms with Gasteiger partial charge in [0.15, 0.2) is 0 Å². The van der Waals surface area contributed by atoms with Crippen LogP contribution in [0.15, 0.2) is 0 Å². The molecule has 16 nitrogen and oxygen atoms in total. The summed E-state index contributed by atoms with van der Waals surface area (Å²) in [5.74, 6) is 4.95. The van der Waals surface area contributed by atoms with Crippen molar-refractivity contribution in [2.24, 2.45) is 0 Å². The average molecular weight is 1140 g/mol. The highest BCUT2D eigenvalue weighted by molar-refractivity contribution is 5.50. The minimum Gasteiger partial charge on any atom is -0.344 e. The minimum atomic E-state index is -0.0482. The molecule has 4 N–H and O–H groups in total. The van der Waals surface area contributed by atoms with Crippen LogP contribution in [0.3, 0.4) is 0 Å². The summed E-state index contributed by atoms with van der Waals surface area (Å²) in [5, 5.41) is 15.9. The van der Waals surface area contributed by atoms with E-state index in [-0.39, 0.29) is 62.4 Å². The van der Waals surface area contributed by atoms with Gasteiger partial charge in [-0.05, 0) is 201 Å². The van der Waals surface area contributed by atoms with Gasteiger partial charge in [0.05, 0.1) is 0 Å². The molecule has 0 amide bonds. The van der Waals surface area contributed by atoms with Crippen molar-refractivity contribution in [1.29, 1.82) is 0 Å². The fraction of sp³-hybridized carbons (Fsp3) is 0.909. The Balaban J connectivity index is 1.36. The first kappa shape index (κ1) is 67.8. The number of anilines is 6. The number of rotatable bonds is 29. The second-order valence-corrected chi connectivity index (χ2v) is 31.7. The third-order valence-electron chi connectivity index (χ3n) is 18.2. The second-order valence-electron chi connectivity index (χ2n) is 31.7. The second kappa shape index (κ2) is 27.6. The van der Waals surface area contributed by atoms with Gasteiger partial charge in [0.25, 0.3) is 0 Å². The van der Waals surface area contributed by atoms with E-state index >= 15 is 0 Å². The number of unbranched alkanes of at least 4 members (excludes halogenated alkanes) is 7. The van der Waals surface area contributed by atoms with Gasteiger partial charge in [-0.15, -0.1) is 0 Å². The number of hydrogen-bond acceptors (Lipinski definition) is 16. The van der Waals surface area contributed by atoms with E-state index in [4.69, 9.17) is 29.9 Å². The number of piperidine rings is 4. The highest BCUT2D eigenvalue weighted by Crippen LogP contribution is 2.39. The maximum Gasteiger partial charge on any atom is 0.232 e. The summed E-state index contributed by atoms with van der Waals surface area (Å²) >= 11 is 0. The molecular weight excluding hydrogens is 1020 g/mol. The highest BCUT2D eigenvalue weighted by atomic mass is 15.4. The van der Waals surface area contributed by atoms with Gasteiger partial charge in [0.2, 0.25) is 35.7 Å². The van der Waals surface area contributed by atoms with Crippen LogP contribution >= 0.6 is 0 Å². The Morgan fingerprint density at radius 1 is 0.305 bits per heavy atom. The lowest BCUT2D eigenvalue weighted by Crippen LogP contribution is -2.63. The first-order valence-electron chi connectivity index (χ1n) is 33.3. The lowest BCUT2D eigenvalue weighted by atomic mass is 9.79. The SMILES string of the molecule is CCCCN(C)c1nc(N(C)C2CC(C)(C)NC(C)(C)C2)nc(N(CCCCCCN(c2nc(N(CCCC)CCCC)nc(N(CCCC)C3CC(C)(C)NC(C)(C)C3)n2)C2CC(C)(C)NC(C)(C)C2)C2CC(C)(C)NC(C)(C)C2)n1. The number of nitrogens with one attached hydrogen (secondary N) is 4. The monoisotopic (exact) mass is 1140 g/mol. The molecule has 0 bridgehead atoms. The Labute approximate surface area is 502 Å². The molecule has 4 saturated heterocycles. The number of nitrogens with zero attached hydrogens (tertiary/aromatic N) is 12. The summed E-state index contributed by atoms with van der Waals surface area (Å²) in [5.41, 5.74) is -0.228. The zero-order valence-corrected chi connectivity index (χ0v) is 57.1. The van der Waals surface area contributed by atoms with Gasteiger partial charge in [-0.2, -0.15) is 29.9 Å². The Morgan fingerprint density at radius 2 is 0.561 bits per heavy atom. The van der Waals surface area contributed by atoms with Crippen molar-refractivity contribution in [2.75, 3.05) is 82.8 Å². The lowest BCUT2D eigenvalue weighted by Gasteiger charge is -2.50. The molecule has 2 aromatic heterocycles. The van der Waals surface area contributed by atoms with Crippen LogP contribution in [0.25, 0.3) is 0 Å².